The average Bonchev–Trinajstić information content (AvgIpc) is 3.16. The van der Waals surface area contributed by atoms with Crippen LogP contribution in [0.1, 0.15) is 49.0 Å². The maximum absolute atomic E-state index is 5.84. The average molecular weight is 259 g/mol. The molecule has 0 aliphatic heterocycles. The van der Waals surface area contributed by atoms with Gasteiger partial charge in [0.1, 0.15) is 5.75 Å². The Kier molecular flexibility index (Phi) is 3.21. The Hall–Kier alpha value is -1.88. The van der Waals surface area contributed by atoms with Gasteiger partial charge < -0.3 is 15.0 Å². The van der Waals surface area contributed by atoms with Crippen molar-refractivity contribution in [2.24, 2.45) is 5.73 Å². The van der Waals surface area contributed by atoms with Crippen LogP contribution in [-0.4, -0.2) is 10.1 Å². The van der Waals surface area contributed by atoms with Crippen LogP contribution in [0.5, 0.6) is 5.75 Å². The van der Waals surface area contributed by atoms with Gasteiger partial charge in [-0.2, -0.15) is 4.98 Å². The lowest BCUT2D eigenvalue weighted by Crippen LogP contribution is -2.05. The SMILES string of the molecule is C[C@H](N)c1cccc(OCc2nc(C3CC3)no2)c1. The number of aromatic nitrogens is 2. The lowest BCUT2D eigenvalue weighted by molar-refractivity contribution is 0.242. The van der Waals surface area contributed by atoms with E-state index in [1.54, 1.807) is 0 Å². The Labute approximate surface area is 111 Å². The smallest absolute Gasteiger partial charge is 0.264 e. The van der Waals surface area contributed by atoms with Crippen LogP contribution in [0.3, 0.4) is 0 Å². The van der Waals surface area contributed by atoms with Gasteiger partial charge in [0.2, 0.25) is 0 Å². The highest BCUT2D eigenvalue weighted by atomic mass is 16.5. The summed E-state index contributed by atoms with van der Waals surface area (Å²) in [6, 6.07) is 7.73. The molecule has 1 aromatic heterocycles. The largest absolute Gasteiger partial charge is 0.484 e. The minimum atomic E-state index is -0.00609. The van der Waals surface area contributed by atoms with Crippen LogP contribution in [0.2, 0.25) is 0 Å². The first-order valence-corrected chi connectivity index (χ1v) is 6.53. The Balaban J connectivity index is 1.62. The van der Waals surface area contributed by atoms with Crippen LogP contribution in [0.15, 0.2) is 28.8 Å². The third kappa shape index (κ3) is 2.93. The molecule has 0 saturated heterocycles. The summed E-state index contributed by atoms with van der Waals surface area (Å²) >= 11 is 0. The maximum atomic E-state index is 5.84. The third-order valence-electron chi connectivity index (χ3n) is 3.17. The quantitative estimate of drug-likeness (QED) is 0.893. The maximum Gasteiger partial charge on any atom is 0.264 e. The molecule has 5 heteroatoms. The van der Waals surface area contributed by atoms with Gasteiger partial charge in [0.05, 0.1) is 0 Å². The van der Waals surface area contributed by atoms with Gasteiger partial charge in [-0.05, 0) is 37.5 Å². The molecule has 5 nitrogen and oxygen atoms in total. The van der Waals surface area contributed by atoms with E-state index in [1.807, 2.05) is 31.2 Å². The second kappa shape index (κ2) is 5.01. The lowest BCUT2D eigenvalue weighted by Gasteiger charge is -2.08. The summed E-state index contributed by atoms with van der Waals surface area (Å²) < 4.78 is 10.8. The first-order chi connectivity index (χ1) is 9.22. The molecule has 3 rings (SSSR count). The summed E-state index contributed by atoms with van der Waals surface area (Å²) in [5.74, 6) is 2.59. The monoisotopic (exact) mass is 259 g/mol. The summed E-state index contributed by atoms with van der Waals surface area (Å²) in [4.78, 5) is 4.32. The van der Waals surface area contributed by atoms with E-state index in [9.17, 15) is 0 Å². The fourth-order valence-corrected chi connectivity index (χ4v) is 1.87. The van der Waals surface area contributed by atoms with Crippen molar-refractivity contribution < 1.29 is 9.26 Å². The molecule has 19 heavy (non-hydrogen) atoms. The van der Waals surface area contributed by atoms with Crippen molar-refractivity contribution in [2.45, 2.75) is 38.3 Å². The molecule has 0 radical (unpaired) electrons. The van der Waals surface area contributed by atoms with Crippen molar-refractivity contribution >= 4 is 0 Å². The van der Waals surface area contributed by atoms with Gasteiger partial charge in [-0.1, -0.05) is 17.3 Å². The molecule has 0 bridgehead atoms. The number of nitrogens with zero attached hydrogens (tertiary/aromatic N) is 2. The van der Waals surface area contributed by atoms with Crippen LogP contribution >= 0.6 is 0 Å². The molecule has 1 heterocycles. The van der Waals surface area contributed by atoms with E-state index in [2.05, 4.69) is 10.1 Å². The lowest BCUT2D eigenvalue weighted by atomic mass is 10.1. The highest BCUT2D eigenvalue weighted by molar-refractivity contribution is 5.30. The van der Waals surface area contributed by atoms with Crippen molar-refractivity contribution in [1.82, 2.24) is 10.1 Å². The van der Waals surface area contributed by atoms with Gasteiger partial charge in [-0.15, -0.1) is 0 Å². The summed E-state index contributed by atoms with van der Waals surface area (Å²) in [6.07, 6.45) is 2.33. The van der Waals surface area contributed by atoms with E-state index in [0.717, 1.165) is 30.0 Å². The molecule has 2 aromatic rings. The van der Waals surface area contributed by atoms with E-state index >= 15 is 0 Å². The molecule has 2 N–H and O–H groups in total. The minimum absolute atomic E-state index is 0.00609. The Bertz CT molecular complexity index is 561. The molecule has 1 saturated carbocycles. The first-order valence-electron chi connectivity index (χ1n) is 6.53. The zero-order chi connectivity index (χ0) is 13.2. The van der Waals surface area contributed by atoms with E-state index in [4.69, 9.17) is 15.0 Å². The third-order valence-corrected chi connectivity index (χ3v) is 3.17. The predicted molar refractivity (Wildman–Crippen MR) is 69.6 cm³/mol. The van der Waals surface area contributed by atoms with Crippen molar-refractivity contribution in [2.75, 3.05) is 0 Å². The van der Waals surface area contributed by atoms with Crippen LogP contribution in [0, 0.1) is 0 Å². The van der Waals surface area contributed by atoms with Crippen molar-refractivity contribution in [3.05, 3.63) is 41.5 Å². The topological polar surface area (TPSA) is 74.2 Å². The van der Waals surface area contributed by atoms with Gasteiger partial charge in [0.15, 0.2) is 12.4 Å². The Morgan fingerprint density at radius 2 is 2.32 bits per heavy atom. The van der Waals surface area contributed by atoms with Crippen LogP contribution in [0.4, 0.5) is 0 Å². The van der Waals surface area contributed by atoms with Gasteiger partial charge in [0.25, 0.3) is 5.89 Å². The second-order valence-electron chi connectivity index (χ2n) is 4.97. The summed E-state index contributed by atoms with van der Waals surface area (Å²) in [7, 11) is 0. The molecule has 1 aromatic carbocycles. The predicted octanol–water partition coefficient (Wildman–Crippen LogP) is 2.55. The molecule has 1 aliphatic carbocycles. The molecular weight excluding hydrogens is 242 g/mol. The summed E-state index contributed by atoms with van der Waals surface area (Å²) in [5.41, 5.74) is 6.88. The highest BCUT2D eigenvalue weighted by Gasteiger charge is 2.28. The summed E-state index contributed by atoms with van der Waals surface area (Å²) in [6.45, 7) is 2.24. The van der Waals surface area contributed by atoms with E-state index in [-0.39, 0.29) is 6.04 Å². The number of ether oxygens (including phenoxy) is 1. The molecule has 0 amide bonds. The zero-order valence-electron chi connectivity index (χ0n) is 10.9. The van der Waals surface area contributed by atoms with Crippen LogP contribution in [0.25, 0.3) is 0 Å². The number of hydrogen-bond acceptors (Lipinski definition) is 5. The Morgan fingerprint density at radius 3 is 3.05 bits per heavy atom. The van der Waals surface area contributed by atoms with Crippen LogP contribution in [-0.2, 0) is 6.61 Å². The fourth-order valence-electron chi connectivity index (χ4n) is 1.87. The van der Waals surface area contributed by atoms with E-state index < -0.39 is 0 Å². The molecule has 0 spiro atoms. The van der Waals surface area contributed by atoms with E-state index in [0.29, 0.717) is 18.4 Å². The van der Waals surface area contributed by atoms with Gasteiger partial charge >= 0.3 is 0 Å². The normalized spacial score (nSPS) is 16.3. The molecule has 100 valence electrons. The molecule has 1 fully saturated rings. The standard InChI is InChI=1S/C14H17N3O2/c1-9(15)11-3-2-4-12(7-11)18-8-13-16-14(17-19-13)10-5-6-10/h2-4,7,9-10H,5-6,8,15H2,1H3/t9-/m0/s1. The van der Waals surface area contributed by atoms with Crippen molar-refractivity contribution in [1.29, 1.82) is 0 Å². The van der Waals surface area contributed by atoms with Crippen LogP contribution < -0.4 is 10.5 Å². The molecule has 1 atom stereocenters. The van der Waals surface area contributed by atoms with Gasteiger partial charge in [-0.25, -0.2) is 0 Å². The molecule has 0 unspecified atom stereocenters. The van der Waals surface area contributed by atoms with Gasteiger partial charge in [-0.3, -0.25) is 0 Å². The number of nitrogens with two attached hydrogens (primary N) is 1. The summed E-state index contributed by atoms with van der Waals surface area (Å²) in [5, 5.41) is 3.95. The van der Waals surface area contributed by atoms with E-state index in [1.165, 1.54) is 0 Å². The minimum Gasteiger partial charge on any atom is -0.484 e. The van der Waals surface area contributed by atoms with Gasteiger partial charge in [0, 0.05) is 12.0 Å². The highest BCUT2D eigenvalue weighted by Crippen LogP contribution is 2.38. The molecule has 1 aliphatic rings. The first kappa shape index (κ1) is 12.2. The number of hydrogen-bond donors (Lipinski definition) is 1. The Morgan fingerprint density at radius 1 is 1.47 bits per heavy atom. The van der Waals surface area contributed by atoms with Crippen molar-refractivity contribution in [3.8, 4) is 5.75 Å². The second-order valence-corrected chi connectivity index (χ2v) is 4.97. The molecular formula is C14H17N3O2. The van der Waals surface area contributed by atoms with Crippen molar-refractivity contribution in [3.63, 3.8) is 0 Å². The number of rotatable bonds is 5. The zero-order valence-corrected chi connectivity index (χ0v) is 10.9. The number of benzene rings is 1. The fraction of sp³-hybridized carbons (Fsp3) is 0.429.